The molecule has 0 aliphatic heterocycles. The molecule has 1 aromatic heterocycles. The zero-order chi connectivity index (χ0) is 24.5. The number of aromatic nitrogens is 1. The topological polar surface area (TPSA) is 97.3 Å². The Morgan fingerprint density at radius 3 is 2.27 bits per heavy atom. The van der Waals surface area contributed by atoms with Crippen molar-refractivity contribution >= 4 is 34.1 Å². The van der Waals surface area contributed by atoms with Crippen LogP contribution in [0.3, 0.4) is 0 Å². The molecule has 4 N–H and O–H groups in total. The van der Waals surface area contributed by atoms with Gasteiger partial charge in [0.05, 0.1) is 11.7 Å². The van der Waals surface area contributed by atoms with E-state index in [1.165, 1.54) is 0 Å². The number of amides is 1. The highest BCUT2D eigenvalue weighted by Crippen LogP contribution is 2.41. The lowest BCUT2D eigenvalue weighted by molar-refractivity contribution is 0.172. The summed E-state index contributed by atoms with van der Waals surface area (Å²) in [6.07, 6.45) is -1.14. The highest BCUT2D eigenvalue weighted by Gasteiger charge is 2.34. The maximum Gasteiger partial charge on any atom is 0.405 e. The van der Waals surface area contributed by atoms with Crippen LogP contribution in [0.25, 0.3) is 21.9 Å². The number of carboxylic acid groups (broad SMARTS) is 1. The second-order valence-corrected chi connectivity index (χ2v) is 10.2. The van der Waals surface area contributed by atoms with Gasteiger partial charge in [-0.1, -0.05) is 83.2 Å². The first kappa shape index (κ1) is 24.5. The highest BCUT2D eigenvalue weighted by molar-refractivity contribution is 7.80. The van der Waals surface area contributed by atoms with Crippen molar-refractivity contribution in [1.29, 1.82) is 0 Å². The van der Waals surface area contributed by atoms with Crippen molar-refractivity contribution < 1.29 is 9.90 Å². The van der Waals surface area contributed by atoms with Crippen molar-refractivity contribution in [1.82, 2.24) is 9.88 Å². The van der Waals surface area contributed by atoms with Gasteiger partial charge >= 0.3 is 6.09 Å². The molecule has 1 unspecified atom stereocenters. The van der Waals surface area contributed by atoms with E-state index >= 15 is 0 Å². The average Bonchev–Trinajstić information content (AvgIpc) is 2.73. The SMILES string of the molecule is CC(C)Cn1c(C(NC(=O)O)C(C)(C)C)c(-c2ccccc2)c2cc(C(N)=S)ccc2c1=O. The number of pyridine rings is 1. The second-order valence-electron chi connectivity index (χ2n) is 9.81. The first-order valence-corrected chi connectivity index (χ1v) is 11.4. The number of carbonyl (C=O) groups is 1. The Kier molecular flexibility index (Phi) is 6.93. The summed E-state index contributed by atoms with van der Waals surface area (Å²) in [5, 5.41) is 13.7. The first-order valence-electron chi connectivity index (χ1n) is 11.0. The quantitative estimate of drug-likeness (QED) is 0.429. The van der Waals surface area contributed by atoms with Crippen LogP contribution in [0.5, 0.6) is 0 Å². The second kappa shape index (κ2) is 9.35. The van der Waals surface area contributed by atoms with Crippen LogP contribution in [0, 0.1) is 11.3 Å². The molecule has 0 saturated heterocycles. The molecule has 0 aliphatic carbocycles. The average molecular weight is 466 g/mol. The molecule has 0 bridgehead atoms. The van der Waals surface area contributed by atoms with E-state index in [1.54, 1.807) is 16.7 Å². The minimum atomic E-state index is -1.14. The number of benzene rings is 2. The number of nitrogens with zero attached hydrogens (tertiary/aromatic N) is 1. The third-order valence-corrected chi connectivity index (χ3v) is 5.85. The van der Waals surface area contributed by atoms with Crippen LogP contribution in [-0.4, -0.2) is 20.8 Å². The van der Waals surface area contributed by atoms with Crippen LogP contribution in [0.4, 0.5) is 4.79 Å². The fourth-order valence-corrected chi connectivity index (χ4v) is 4.32. The van der Waals surface area contributed by atoms with Crippen LogP contribution < -0.4 is 16.6 Å². The number of nitrogens with one attached hydrogen (secondary N) is 1. The van der Waals surface area contributed by atoms with E-state index in [0.717, 1.165) is 11.1 Å². The van der Waals surface area contributed by atoms with E-state index in [-0.39, 0.29) is 16.5 Å². The Bertz CT molecular complexity index is 1260. The smallest absolute Gasteiger partial charge is 0.405 e. The van der Waals surface area contributed by atoms with E-state index in [2.05, 4.69) is 5.32 Å². The van der Waals surface area contributed by atoms with Crippen LogP contribution in [0.15, 0.2) is 53.3 Å². The van der Waals surface area contributed by atoms with Gasteiger partial charge in [0.25, 0.3) is 5.56 Å². The van der Waals surface area contributed by atoms with Gasteiger partial charge in [-0.2, -0.15) is 0 Å². The Labute approximate surface area is 199 Å². The molecule has 3 aromatic rings. The van der Waals surface area contributed by atoms with Crippen molar-refractivity contribution in [2.45, 2.75) is 47.2 Å². The fourth-order valence-electron chi connectivity index (χ4n) is 4.19. The predicted octanol–water partition coefficient (Wildman–Crippen LogP) is 5.31. The Hall–Kier alpha value is -3.19. The number of thiocarbonyl (C=S) groups is 1. The molecular formula is C26H31N3O3S. The number of nitrogens with two attached hydrogens (primary N) is 1. The van der Waals surface area contributed by atoms with E-state index in [4.69, 9.17) is 18.0 Å². The van der Waals surface area contributed by atoms with Gasteiger partial charge < -0.3 is 20.7 Å². The van der Waals surface area contributed by atoms with Crippen molar-refractivity contribution in [3.63, 3.8) is 0 Å². The Morgan fingerprint density at radius 1 is 1.12 bits per heavy atom. The van der Waals surface area contributed by atoms with Crippen LogP contribution in [0.2, 0.25) is 0 Å². The minimum absolute atomic E-state index is 0.163. The molecular weight excluding hydrogens is 434 g/mol. The van der Waals surface area contributed by atoms with Gasteiger partial charge in [0.15, 0.2) is 0 Å². The molecule has 1 heterocycles. The summed E-state index contributed by atoms with van der Waals surface area (Å²) in [6.45, 7) is 10.4. The fraction of sp³-hybridized carbons (Fsp3) is 0.346. The molecule has 6 nitrogen and oxygen atoms in total. The molecule has 33 heavy (non-hydrogen) atoms. The lowest BCUT2D eigenvalue weighted by atomic mass is 9.80. The standard InChI is InChI=1S/C26H31N3O3S/c1-15(2)14-29-21(22(26(3,4)5)28-25(31)32)20(16-9-7-6-8-10-16)19-13-17(23(27)33)11-12-18(19)24(29)30/h6-13,15,22,28H,14H2,1-5H3,(H2,27,33)(H,31,32). The summed E-state index contributed by atoms with van der Waals surface area (Å²) in [7, 11) is 0. The largest absolute Gasteiger partial charge is 0.465 e. The summed E-state index contributed by atoms with van der Waals surface area (Å²) in [4.78, 5) is 25.9. The van der Waals surface area contributed by atoms with Gasteiger partial charge in [-0.25, -0.2) is 4.79 Å². The Morgan fingerprint density at radius 2 is 1.76 bits per heavy atom. The van der Waals surface area contributed by atoms with E-state index < -0.39 is 17.6 Å². The van der Waals surface area contributed by atoms with Gasteiger partial charge in [-0.05, 0) is 34.4 Å². The molecule has 0 aliphatic rings. The monoisotopic (exact) mass is 465 g/mol. The summed E-state index contributed by atoms with van der Waals surface area (Å²) >= 11 is 5.21. The highest BCUT2D eigenvalue weighted by atomic mass is 32.1. The van der Waals surface area contributed by atoms with E-state index in [0.29, 0.717) is 28.6 Å². The van der Waals surface area contributed by atoms with Crippen LogP contribution >= 0.6 is 12.2 Å². The molecule has 0 fully saturated rings. The van der Waals surface area contributed by atoms with Crippen molar-refractivity contribution in [2.75, 3.05) is 0 Å². The zero-order valence-electron chi connectivity index (χ0n) is 19.7. The van der Waals surface area contributed by atoms with Gasteiger partial charge in [-0.15, -0.1) is 0 Å². The Balaban J connectivity index is 2.61. The summed E-state index contributed by atoms with van der Waals surface area (Å²) < 4.78 is 1.74. The molecule has 0 radical (unpaired) electrons. The molecule has 174 valence electrons. The lowest BCUT2D eigenvalue weighted by Crippen LogP contribution is -2.40. The van der Waals surface area contributed by atoms with Gasteiger partial charge in [0.1, 0.15) is 4.99 Å². The van der Waals surface area contributed by atoms with Gasteiger partial charge in [0, 0.05) is 23.1 Å². The summed E-state index contributed by atoms with van der Waals surface area (Å²) in [5.41, 5.74) is 8.23. The van der Waals surface area contributed by atoms with Crippen molar-refractivity contribution in [2.24, 2.45) is 17.1 Å². The van der Waals surface area contributed by atoms with Gasteiger partial charge in [-0.3, -0.25) is 4.79 Å². The number of hydrogen-bond donors (Lipinski definition) is 3. The minimum Gasteiger partial charge on any atom is -0.465 e. The van der Waals surface area contributed by atoms with Crippen LogP contribution in [-0.2, 0) is 6.54 Å². The van der Waals surface area contributed by atoms with E-state index in [1.807, 2.05) is 71.0 Å². The van der Waals surface area contributed by atoms with Crippen LogP contribution in [0.1, 0.15) is 51.9 Å². The molecule has 3 rings (SSSR count). The van der Waals surface area contributed by atoms with Crippen molar-refractivity contribution in [3.05, 3.63) is 70.1 Å². The van der Waals surface area contributed by atoms with Crippen molar-refractivity contribution in [3.8, 4) is 11.1 Å². The molecule has 0 spiro atoms. The molecule has 1 atom stereocenters. The maximum atomic E-state index is 13.8. The lowest BCUT2D eigenvalue weighted by Gasteiger charge is -2.35. The summed E-state index contributed by atoms with van der Waals surface area (Å²) in [5.74, 6) is 0.170. The number of fused-ring (bicyclic) bond motifs is 1. The molecule has 7 heteroatoms. The normalized spacial score (nSPS) is 12.7. The number of hydrogen-bond acceptors (Lipinski definition) is 3. The predicted molar refractivity (Wildman–Crippen MR) is 138 cm³/mol. The van der Waals surface area contributed by atoms with E-state index in [9.17, 15) is 14.7 Å². The molecule has 2 aromatic carbocycles. The third kappa shape index (κ3) is 5.09. The molecule has 1 amide bonds. The third-order valence-electron chi connectivity index (χ3n) is 5.61. The maximum absolute atomic E-state index is 13.8. The first-order chi connectivity index (χ1) is 15.4. The zero-order valence-corrected chi connectivity index (χ0v) is 20.5. The molecule has 0 saturated carbocycles. The number of rotatable bonds is 6. The summed E-state index contributed by atoms with van der Waals surface area (Å²) in [6, 6.07) is 14.4. The van der Waals surface area contributed by atoms with Gasteiger partial charge in [0.2, 0.25) is 0 Å².